The van der Waals surface area contributed by atoms with Crippen LogP contribution in [-0.4, -0.2) is 5.11 Å². The molecule has 0 spiro atoms. The standard InChI is InChI=1S/C10H18N2S/c1-7(2)5-9(6-8(3)4)12-10(11)13/h5,8H,1,6H2,2-4H3,(H3,11,12,13)/b9-5+. The Bertz CT molecular complexity index is 229. The molecule has 0 saturated heterocycles. The summed E-state index contributed by atoms with van der Waals surface area (Å²) < 4.78 is 0. The van der Waals surface area contributed by atoms with Gasteiger partial charge in [0, 0.05) is 5.70 Å². The number of hydrogen-bond donors (Lipinski definition) is 2. The van der Waals surface area contributed by atoms with Crippen LogP contribution in [0.5, 0.6) is 0 Å². The first-order valence-electron chi connectivity index (χ1n) is 4.34. The quantitative estimate of drug-likeness (QED) is 0.538. The number of nitrogens with one attached hydrogen (secondary N) is 1. The second-order valence-electron chi connectivity index (χ2n) is 3.60. The monoisotopic (exact) mass is 198 g/mol. The lowest BCUT2D eigenvalue weighted by Gasteiger charge is -2.11. The maximum atomic E-state index is 5.39. The predicted molar refractivity (Wildman–Crippen MR) is 62.3 cm³/mol. The van der Waals surface area contributed by atoms with Gasteiger partial charge < -0.3 is 11.1 Å². The highest BCUT2D eigenvalue weighted by Gasteiger charge is 2.01. The summed E-state index contributed by atoms with van der Waals surface area (Å²) in [6, 6.07) is 0. The lowest BCUT2D eigenvalue weighted by molar-refractivity contribution is 0.628. The Balaban J connectivity index is 4.36. The molecule has 0 bridgehead atoms. The van der Waals surface area contributed by atoms with Crippen molar-refractivity contribution in [1.82, 2.24) is 5.32 Å². The Labute approximate surface area is 85.9 Å². The number of allylic oxidation sites excluding steroid dienone is 3. The molecule has 0 unspecified atom stereocenters. The molecule has 13 heavy (non-hydrogen) atoms. The molecule has 0 aliphatic heterocycles. The van der Waals surface area contributed by atoms with E-state index < -0.39 is 0 Å². The van der Waals surface area contributed by atoms with Gasteiger partial charge in [-0.2, -0.15) is 0 Å². The number of rotatable bonds is 4. The molecule has 0 heterocycles. The molecule has 0 aromatic carbocycles. The van der Waals surface area contributed by atoms with Crippen LogP contribution in [0.3, 0.4) is 0 Å². The largest absolute Gasteiger partial charge is 0.376 e. The fourth-order valence-electron chi connectivity index (χ4n) is 1.04. The Morgan fingerprint density at radius 3 is 2.46 bits per heavy atom. The first-order chi connectivity index (χ1) is 5.91. The van der Waals surface area contributed by atoms with Gasteiger partial charge >= 0.3 is 0 Å². The van der Waals surface area contributed by atoms with Crippen molar-refractivity contribution in [3.8, 4) is 0 Å². The van der Waals surface area contributed by atoms with E-state index in [2.05, 4.69) is 25.7 Å². The zero-order chi connectivity index (χ0) is 10.4. The van der Waals surface area contributed by atoms with Gasteiger partial charge in [0.1, 0.15) is 0 Å². The second-order valence-corrected chi connectivity index (χ2v) is 4.04. The first-order valence-corrected chi connectivity index (χ1v) is 4.75. The highest BCUT2D eigenvalue weighted by molar-refractivity contribution is 7.80. The molecule has 0 aliphatic carbocycles. The van der Waals surface area contributed by atoms with Crippen molar-refractivity contribution < 1.29 is 0 Å². The maximum absolute atomic E-state index is 5.39. The van der Waals surface area contributed by atoms with E-state index in [1.165, 1.54) is 0 Å². The van der Waals surface area contributed by atoms with Crippen molar-refractivity contribution in [3.63, 3.8) is 0 Å². The SMILES string of the molecule is C=C(C)/C=C(\CC(C)C)NC(N)=S. The van der Waals surface area contributed by atoms with Gasteiger partial charge in [-0.25, -0.2) is 0 Å². The maximum Gasteiger partial charge on any atom is 0.167 e. The van der Waals surface area contributed by atoms with Gasteiger partial charge in [-0.05, 0) is 37.6 Å². The van der Waals surface area contributed by atoms with Crippen LogP contribution in [0.4, 0.5) is 0 Å². The van der Waals surface area contributed by atoms with Gasteiger partial charge in [0.05, 0.1) is 0 Å². The third-order valence-corrected chi connectivity index (χ3v) is 1.43. The molecule has 0 aromatic rings. The van der Waals surface area contributed by atoms with Crippen molar-refractivity contribution in [2.75, 3.05) is 0 Å². The Morgan fingerprint density at radius 2 is 2.15 bits per heavy atom. The summed E-state index contributed by atoms with van der Waals surface area (Å²) in [6.07, 6.45) is 2.91. The molecule has 3 N–H and O–H groups in total. The van der Waals surface area contributed by atoms with E-state index in [-0.39, 0.29) is 0 Å². The molecular weight excluding hydrogens is 180 g/mol. The lowest BCUT2D eigenvalue weighted by atomic mass is 10.1. The highest BCUT2D eigenvalue weighted by Crippen LogP contribution is 2.09. The second kappa shape index (κ2) is 5.75. The van der Waals surface area contributed by atoms with Gasteiger partial charge in [0.15, 0.2) is 5.11 Å². The van der Waals surface area contributed by atoms with Crippen molar-refractivity contribution in [2.24, 2.45) is 11.7 Å². The minimum Gasteiger partial charge on any atom is -0.376 e. The Hall–Kier alpha value is -0.830. The van der Waals surface area contributed by atoms with Gasteiger partial charge in [0.2, 0.25) is 0 Å². The number of hydrogen-bond acceptors (Lipinski definition) is 1. The number of thiocarbonyl (C=S) groups is 1. The average molecular weight is 198 g/mol. The molecule has 0 fully saturated rings. The molecule has 0 aromatic heterocycles. The van der Waals surface area contributed by atoms with Crippen LogP contribution in [0.25, 0.3) is 0 Å². The van der Waals surface area contributed by atoms with Crippen LogP contribution in [0.1, 0.15) is 27.2 Å². The molecule has 3 heteroatoms. The first kappa shape index (κ1) is 12.2. The number of nitrogens with two attached hydrogens (primary N) is 1. The van der Waals surface area contributed by atoms with Crippen LogP contribution in [-0.2, 0) is 0 Å². The molecule has 0 radical (unpaired) electrons. The zero-order valence-electron chi connectivity index (χ0n) is 8.55. The smallest absolute Gasteiger partial charge is 0.167 e. The molecule has 0 atom stereocenters. The zero-order valence-corrected chi connectivity index (χ0v) is 9.37. The van der Waals surface area contributed by atoms with E-state index in [4.69, 9.17) is 18.0 Å². The Kier molecular flexibility index (Phi) is 5.39. The summed E-state index contributed by atoms with van der Waals surface area (Å²) in [5.41, 5.74) is 7.43. The summed E-state index contributed by atoms with van der Waals surface area (Å²) in [7, 11) is 0. The molecule has 74 valence electrons. The van der Waals surface area contributed by atoms with Gasteiger partial charge in [0.25, 0.3) is 0 Å². The minimum absolute atomic E-state index is 0.313. The Morgan fingerprint density at radius 1 is 1.62 bits per heavy atom. The van der Waals surface area contributed by atoms with Crippen LogP contribution in [0.15, 0.2) is 23.9 Å². The molecule has 2 nitrogen and oxygen atoms in total. The topological polar surface area (TPSA) is 38.0 Å². The molecule has 0 rings (SSSR count). The van der Waals surface area contributed by atoms with E-state index in [1.807, 2.05) is 13.0 Å². The van der Waals surface area contributed by atoms with Crippen LogP contribution in [0, 0.1) is 5.92 Å². The fourth-order valence-corrected chi connectivity index (χ4v) is 1.17. The summed E-state index contributed by atoms with van der Waals surface area (Å²) >= 11 is 4.77. The predicted octanol–water partition coefficient (Wildman–Crippen LogP) is 2.33. The molecule has 0 aliphatic rings. The van der Waals surface area contributed by atoms with Gasteiger partial charge in [-0.1, -0.05) is 26.0 Å². The highest BCUT2D eigenvalue weighted by atomic mass is 32.1. The van der Waals surface area contributed by atoms with Crippen molar-refractivity contribution >= 4 is 17.3 Å². The van der Waals surface area contributed by atoms with E-state index >= 15 is 0 Å². The van der Waals surface area contributed by atoms with E-state index in [0.29, 0.717) is 11.0 Å². The third-order valence-electron chi connectivity index (χ3n) is 1.33. The van der Waals surface area contributed by atoms with Crippen molar-refractivity contribution in [3.05, 3.63) is 23.9 Å². The van der Waals surface area contributed by atoms with Crippen LogP contribution >= 0.6 is 12.2 Å². The average Bonchev–Trinajstić information content (AvgIpc) is 1.80. The molecule has 0 amide bonds. The fraction of sp³-hybridized carbons (Fsp3) is 0.500. The van der Waals surface area contributed by atoms with Crippen molar-refractivity contribution in [1.29, 1.82) is 0 Å². The van der Waals surface area contributed by atoms with Gasteiger partial charge in [-0.3, -0.25) is 0 Å². The van der Waals surface area contributed by atoms with Crippen molar-refractivity contribution in [2.45, 2.75) is 27.2 Å². The third kappa shape index (κ3) is 7.53. The lowest BCUT2D eigenvalue weighted by Crippen LogP contribution is -2.29. The normalized spacial score (nSPS) is 11.5. The minimum atomic E-state index is 0.313. The summed E-state index contributed by atoms with van der Waals surface area (Å²) in [5.74, 6) is 0.576. The van der Waals surface area contributed by atoms with E-state index in [9.17, 15) is 0 Å². The summed E-state index contributed by atoms with van der Waals surface area (Å²) in [5, 5.41) is 3.27. The molecular formula is C10H18N2S. The van der Waals surface area contributed by atoms with Crippen LogP contribution in [0.2, 0.25) is 0 Å². The van der Waals surface area contributed by atoms with E-state index in [1.54, 1.807) is 0 Å². The van der Waals surface area contributed by atoms with Gasteiger partial charge in [-0.15, -0.1) is 0 Å². The van der Waals surface area contributed by atoms with E-state index in [0.717, 1.165) is 17.7 Å². The molecule has 0 saturated carbocycles. The summed E-state index contributed by atoms with van der Waals surface area (Å²) in [6.45, 7) is 10.0. The summed E-state index contributed by atoms with van der Waals surface area (Å²) in [4.78, 5) is 0. The van der Waals surface area contributed by atoms with Crippen LogP contribution < -0.4 is 11.1 Å².